The zero-order valence-electron chi connectivity index (χ0n) is 11.7. The fraction of sp³-hybridized carbons (Fsp3) is 0.200. The number of carbonyl (C=O) groups excluding carboxylic acids is 1. The summed E-state index contributed by atoms with van der Waals surface area (Å²) in [5.74, 6) is -0.0201. The van der Waals surface area contributed by atoms with Gasteiger partial charge in [0.15, 0.2) is 0 Å². The van der Waals surface area contributed by atoms with Crippen molar-refractivity contribution in [2.24, 2.45) is 0 Å². The molecule has 0 saturated heterocycles. The van der Waals surface area contributed by atoms with Crippen LogP contribution in [0.1, 0.15) is 17.3 Å². The number of hydrogen-bond donors (Lipinski definition) is 1. The first-order chi connectivity index (χ1) is 10.1. The molecular weight excluding hydrogens is 337 g/mol. The summed E-state index contributed by atoms with van der Waals surface area (Å²) < 4.78 is 13.7. The standard InChI is InChI=1S/C15H15BrFN3O/c1-3-20(12-6-4-11(17)5-7-12)15(21)13-8-10(16)9-19-14(13)18-2/h4-9H,3H2,1-2H3,(H,18,19). The van der Waals surface area contributed by atoms with Crippen molar-refractivity contribution in [1.82, 2.24) is 4.98 Å². The summed E-state index contributed by atoms with van der Waals surface area (Å²) in [6, 6.07) is 7.56. The Kier molecular flexibility index (Phi) is 4.90. The molecule has 0 unspecified atom stereocenters. The van der Waals surface area contributed by atoms with Crippen molar-refractivity contribution in [2.45, 2.75) is 6.92 Å². The number of halogens is 2. The molecule has 1 heterocycles. The third-order valence-corrected chi connectivity index (χ3v) is 3.45. The summed E-state index contributed by atoms with van der Waals surface area (Å²) in [7, 11) is 1.71. The number of nitrogens with zero attached hydrogens (tertiary/aromatic N) is 2. The van der Waals surface area contributed by atoms with E-state index in [-0.39, 0.29) is 11.7 Å². The average Bonchev–Trinajstić information content (AvgIpc) is 2.49. The second-order valence-electron chi connectivity index (χ2n) is 4.33. The molecule has 1 amide bonds. The van der Waals surface area contributed by atoms with Gasteiger partial charge < -0.3 is 10.2 Å². The third-order valence-electron chi connectivity index (χ3n) is 3.02. The molecule has 0 aliphatic heterocycles. The van der Waals surface area contributed by atoms with E-state index in [0.717, 1.165) is 4.47 Å². The smallest absolute Gasteiger partial charge is 0.262 e. The van der Waals surface area contributed by atoms with Gasteiger partial charge in [0.05, 0.1) is 5.56 Å². The number of nitrogens with one attached hydrogen (secondary N) is 1. The second kappa shape index (κ2) is 6.67. The highest BCUT2D eigenvalue weighted by atomic mass is 79.9. The predicted octanol–water partition coefficient (Wildman–Crippen LogP) is 3.69. The number of aromatic nitrogens is 1. The Hall–Kier alpha value is -1.95. The molecule has 1 N–H and O–H groups in total. The lowest BCUT2D eigenvalue weighted by Crippen LogP contribution is -2.31. The molecule has 0 fully saturated rings. The van der Waals surface area contributed by atoms with Gasteiger partial charge in [-0.15, -0.1) is 0 Å². The second-order valence-corrected chi connectivity index (χ2v) is 5.24. The van der Waals surface area contributed by atoms with Gasteiger partial charge in [-0.3, -0.25) is 4.79 Å². The molecular formula is C15H15BrFN3O. The van der Waals surface area contributed by atoms with E-state index in [0.29, 0.717) is 23.6 Å². The van der Waals surface area contributed by atoms with Crippen LogP contribution in [0.25, 0.3) is 0 Å². The van der Waals surface area contributed by atoms with Crippen molar-refractivity contribution in [3.8, 4) is 0 Å². The molecule has 0 atom stereocenters. The summed E-state index contributed by atoms with van der Waals surface area (Å²) in [4.78, 5) is 18.5. The third kappa shape index (κ3) is 3.39. The summed E-state index contributed by atoms with van der Waals surface area (Å²) in [5.41, 5.74) is 1.10. The fourth-order valence-electron chi connectivity index (χ4n) is 2.01. The van der Waals surface area contributed by atoms with E-state index in [4.69, 9.17) is 0 Å². The highest BCUT2D eigenvalue weighted by Gasteiger charge is 2.20. The van der Waals surface area contributed by atoms with Crippen LogP contribution >= 0.6 is 15.9 Å². The molecule has 6 heteroatoms. The van der Waals surface area contributed by atoms with E-state index in [1.54, 1.807) is 36.3 Å². The maximum absolute atomic E-state index is 13.0. The van der Waals surface area contributed by atoms with E-state index >= 15 is 0 Å². The van der Waals surface area contributed by atoms with Crippen LogP contribution in [0.4, 0.5) is 15.9 Å². The Bertz CT molecular complexity index is 646. The first-order valence-corrected chi connectivity index (χ1v) is 7.26. The first kappa shape index (κ1) is 15.4. The monoisotopic (exact) mass is 351 g/mol. The zero-order chi connectivity index (χ0) is 15.4. The van der Waals surface area contributed by atoms with Crippen LogP contribution in [-0.2, 0) is 0 Å². The van der Waals surface area contributed by atoms with E-state index < -0.39 is 0 Å². The molecule has 0 spiro atoms. The SMILES string of the molecule is CCN(C(=O)c1cc(Br)cnc1NC)c1ccc(F)cc1. The molecule has 1 aromatic carbocycles. The fourth-order valence-corrected chi connectivity index (χ4v) is 2.34. The van der Waals surface area contributed by atoms with Gasteiger partial charge in [0.2, 0.25) is 0 Å². The van der Waals surface area contributed by atoms with Crippen LogP contribution < -0.4 is 10.2 Å². The van der Waals surface area contributed by atoms with Crippen LogP contribution in [0.15, 0.2) is 41.0 Å². The van der Waals surface area contributed by atoms with Crippen LogP contribution in [-0.4, -0.2) is 24.5 Å². The number of carbonyl (C=O) groups is 1. The van der Waals surface area contributed by atoms with Crippen LogP contribution in [0, 0.1) is 5.82 Å². The lowest BCUT2D eigenvalue weighted by Gasteiger charge is -2.22. The van der Waals surface area contributed by atoms with Crippen molar-refractivity contribution in [2.75, 3.05) is 23.8 Å². The lowest BCUT2D eigenvalue weighted by molar-refractivity contribution is 0.0988. The molecule has 110 valence electrons. The number of amides is 1. The van der Waals surface area contributed by atoms with Crippen molar-refractivity contribution in [1.29, 1.82) is 0 Å². The maximum atomic E-state index is 13.0. The Morgan fingerprint density at radius 2 is 2.05 bits per heavy atom. The lowest BCUT2D eigenvalue weighted by atomic mass is 10.2. The minimum absolute atomic E-state index is 0.192. The number of pyridine rings is 1. The van der Waals surface area contributed by atoms with E-state index in [1.165, 1.54) is 12.1 Å². The summed E-state index contributed by atoms with van der Waals surface area (Å²) in [6.07, 6.45) is 1.62. The molecule has 21 heavy (non-hydrogen) atoms. The molecule has 1 aromatic heterocycles. The van der Waals surface area contributed by atoms with Crippen LogP contribution in [0.5, 0.6) is 0 Å². The molecule has 0 saturated carbocycles. The maximum Gasteiger partial charge on any atom is 0.262 e. The molecule has 0 aliphatic rings. The average molecular weight is 352 g/mol. The van der Waals surface area contributed by atoms with Crippen LogP contribution in [0.2, 0.25) is 0 Å². The van der Waals surface area contributed by atoms with Gasteiger partial charge in [-0.25, -0.2) is 9.37 Å². The molecule has 2 aromatic rings. The highest BCUT2D eigenvalue weighted by molar-refractivity contribution is 9.10. The quantitative estimate of drug-likeness (QED) is 0.913. The minimum Gasteiger partial charge on any atom is -0.372 e. The van der Waals surface area contributed by atoms with Gasteiger partial charge in [-0.05, 0) is 53.2 Å². The van der Waals surface area contributed by atoms with Gasteiger partial charge >= 0.3 is 0 Å². The van der Waals surface area contributed by atoms with Gasteiger partial charge in [-0.1, -0.05) is 0 Å². The largest absolute Gasteiger partial charge is 0.372 e. The van der Waals surface area contributed by atoms with Crippen molar-refractivity contribution < 1.29 is 9.18 Å². The number of hydrogen-bond acceptors (Lipinski definition) is 3. The van der Waals surface area contributed by atoms with E-state index in [1.807, 2.05) is 6.92 Å². The summed E-state index contributed by atoms with van der Waals surface area (Å²) in [6.45, 7) is 2.34. The van der Waals surface area contributed by atoms with E-state index in [2.05, 4.69) is 26.2 Å². The number of rotatable bonds is 4. The van der Waals surface area contributed by atoms with Gasteiger partial charge in [-0.2, -0.15) is 0 Å². The minimum atomic E-state index is -0.331. The normalized spacial score (nSPS) is 10.3. The van der Waals surface area contributed by atoms with Crippen molar-refractivity contribution >= 4 is 33.3 Å². The van der Waals surface area contributed by atoms with Crippen LogP contribution in [0.3, 0.4) is 0 Å². The number of anilines is 2. The summed E-state index contributed by atoms with van der Waals surface area (Å²) >= 11 is 3.32. The summed E-state index contributed by atoms with van der Waals surface area (Å²) in [5, 5.41) is 2.90. The topological polar surface area (TPSA) is 45.2 Å². The molecule has 4 nitrogen and oxygen atoms in total. The van der Waals surface area contributed by atoms with Crippen molar-refractivity contribution in [3.05, 3.63) is 52.4 Å². The molecule has 0 radical (unpaired) electrons. The van der Waals surface area contributed by atoms with E-state index in [9.17, 15) is 9.18 Å². The first-order valence-electron chi connectivity index (χ1n) is 6.47. The Morgan fingerprint density at radius 1 is 1.38 bits per heavy atom. The van der Waals surface area contributed by atoms with Gasteiger partial charge in [0.1, 0.15) is 11.6 Å². The zero-order valence-corrected chi connectivity index (χ0v) is 13.3. The Morgan fingerprint density at radius 3 is 2.62 bits per heavy atom. The number of benzene rings is 1. The molecule has 0 aliphatic carbocycles. The van der Waals surface area contributed by atoms with Crippen molar-refractivity contribution in [3.63, 3.8) is 0 Å². The van der Waals surface area contributed by atoms with Gasteiger partial charge in [0.25, 0.3) is 5.91 Å². The Labute approximate surface area is 131 Å². The predicted molar refractivity (Wildman–Crippen MR) is 85.2 cm³/mol. The van der Waals surface area contributed by atoms with Gasteiger partial charge in [0, 0.05) is 29.9 Å². The highest BCUT2D eigenvalue weighted by Crippen LogP contribution is 2.23. The molecule has 0 bridgehead atoms. The Balaban J connectivity index is 2.41. The molecule has 2 rings (SSSR count).